The lowest BCUT2D eigenvalue weighted by molar-refractivity contribution is 0.195. The van der Waals surface area contributed by atoms with Crippen LogP contribution in [0.2, 0.25) is 0 Å². The number of aliphatic hydroxyl groups excluding tert-OH is 1. The first-order valence-corrected chi connectivity index (χ1v) is 8.27. The topological polar surface area (TPSA) is 52.7 Å². The fraction of sp³-hybridized carbons (Fsp3) is 0.533. The van der Waals surface area contributed by atoms with Gasteiger partial charge in [-0.05, 0) is 31.6 Å². The van der Waals surface area contributed by atoms with E-state index in [4.69, 9.17) is 9.52 Å². The summed E-state index contributed by atoms with van der Waals surface area (Å²) in [5.74, 6) is 0.844. The highest BCUT2D eigenvalue weighted by molar-refractivity contribution is 7.13. The zero-order valence-corrected chi connectivity index (χ0v) is 12.9. The SMILES string of the molecule is OCCN1CCCN(Cc2csc(-c3ccco3)n2)CC1. The van der Waals surface area contributed by atoms with Gasteiger partial charge in [0.2, 0.25) is 0 Å². The van der Waals surface area contributed by atoms with Gasteiger partial charge in [-0.15, -0.1) is 11.3 Å². The minimum absolute atomic E-state index is 0.249. The van der Waals surface area contributed by atoms with Gasteiger partial charge in [0.1, 0.15) is 0 Å². The van der Waals surface area contributed by atoms with E-state index < -0.39 is 0 Å². The van der Waals surface area contributed by atoms with Crippen LogP contribution in [-0.2, 0) is 6.54 Å². The summed E-state index contributed by atoms with van der Waals surface area (Å²) in [5.41, 5.74) is 1.11. The Balaban J connectivity index is 1.57. The molecule has 0 spiro atoms. The predicted molar refractivity (Wildman–Crippen MR) is 83.2 cm³/mol. The molecule has 6 heteroatoms. The molecule has 0 bridgehead atoms. The van der Waals surface area contributed by atoms with Crippen molar-refractivity contribution in [1.82, 2.24) is 14.8 Å². The van der Waals surface area contributed by atoms with Gasteiger partial charge in [0, 0.05) is 31.6 Å². The zero-order chi connectivity index (χ0) is 14.5. The Bertz CT molecular complexity index is 541. The molecule has 1 fully saturated rings. The monoisotopic (exact) mass is 307 g/mol. The lowest BCUT2D eigenvalue weighted by Crippen LogP contribution is -2.32. The number of nitrogens with zero attached hydrogens (tertiary/aromatic N) is 3. The van der Waals surface area contributed by atoms with Gasteiger partial charge >= 0.3 is 0 Å². The molecule has 0 atom stereocenters. The molecule has 0 aliphatic carbocycles. The minimum Gasteiger partial charge on any atom is -0.462 e. The van der Waals surface area contributed by atoms with E-state index in [1.54, 1.807) is 17.6 Å². The van der Waals surface area contributed by atoms with Crippen LogP contribution in [0.15, 0.2) is 28.2 Å². The standard InChI is InChI=1S/C15H21N3O2S/c19-9-8-17-4-2-5-18(7-6-17)11-13-12-21-15(16-13)14-3-1-10-20-14/h1,3,10,12,19H,2,4-9,11H2. The van der Waals surface area contributed by atoms with Crippen molar-refractivity contribution in [3.63, 3.8) is 0 Å². The van der Waals surface area contributed by atoms with E-state index in [9.17, 15) is 0 Å². The number of furan rings is 1. The zero-order valence-electron chi connectivity index (χ0n) is 12.1. The number of rotatable bonds is 5. The van der Waals surface area contributed by atoms with Crippen molar-refractivity contribution in [2.24, 2.45) is 0 Å². The minimum atomic E-state index is 0.249. The normalized spacial score (nSPS) is 18.0. The number of hydrogen-bond acceptors (Lipinski definition) is 6. The van der Waals surface area contributed by atoms with Crippen LogP contribution in [-0.4, -0.2) is 59.2 Å². The number of aromatic nitrogens is 1. The first-order valence-electron chi connectivity index (χ1n) is 7.39. The van der Waals surface area contributed by atoms with Gasteiger partial charge in [-0.3, -0.25) is 9.80 Å². The van der Waals surface area contributed by atoms with E-state index in [1.807, 2.05) is 12.1 Å². The summed E-state index contributed by atoms with van der Waals surface area (Å²) < 4.78 is 5.39. The lowest BCUT2D eigenvalue weighted by Gasteiger charge is -2.20. The molecule has 114 valence electrons. The molecule has 0 unspecified atom stereocenters. The third-order valence-electron chi connectivity index (χ3n) is 3.77. The lowest BCUT2D eigenvalue weighted by atomic mass is 10.3. The molecule has 3 rings (SSSR count). The highest BCUT2D eigenvalue weighted by Crippen LogP contribution is 2.24. The highest BCUT2D eigenvalue weighted by Gasteiger charge is 2.16. The quantitative estimate of drug-likeness (QED) is 0.914. The Labute approximate surface area is 128 Å². The smallest absolute Gasteiger partial charge is 0.162 e. The van der Waals surface area contributed by atoms with Crippen LogP contribution in [0.4, 0.5) is 0 Å². The molecule has 2 aromatic rings. The maximum absolute atomic E-state index is 9.03. The predicted octanol–water partition coefficient (Wildman–Crippen LogP) is 1.90. The molecule has 0 aromatic carbocycles. The average molecular weight is 307 g/mol. The van der Waals surface area contributed by atoms with Gasteiger partial charge in [0.15, 0.2) is 10.8 Å². The van der Waals surface area contributed by atoms with Gasteiger partial charge in [-0.2, -0.15) is 0 Å². The molecule has 0 saturated carbocycles. The number of β-amino-alcohol motifs (C(OH)–C–C–N with tert-alkyl or cyclic N) is 1. The summed E-state index contributed by atoms with van der Waals surface area (Å²) in [6.07, 6.45) is 2.83. The summed E-state index contributed by atoms with van der Waals surface area (Å²) >= 11 is 1.63. The van der Waals surface area contributed by atoms with Crippen molar-refractivity contribution in [2.45, 2.75) is 13.0 Å². The Morgan fingerprint density at radius 2 is 2.10 bits per heavy atom. The van der Waals surface area contributed by atoms with Crippen LogP contribution in [0.5, 0.6) is 0 Å². The summed E-state index contributed by atoms with van der Waals surface area (Å²) in [6, 6.07) is 3.84. The molecule has 2 aromatic heterocycles. The molecular formula is C15H21N3O2S. The van der Waals surface area contributed by atoms with Crippen molar-refractivity contribution in [3.05, 3.63) is 29.5 Å². The molecule has 21 heavy (non-hydrogen) atoms. The first kappa shape index (κ1) is 14.7. The maximum atomic E-state index is 9.03. The first-order chi connectivity index (χ1) is 10.3. The van der Waals surface area contributed by atoms with Gasteiger partial charge < -0.3 is 9.52 Å². The van der Waals surface area contributed by atoms with Gasteiger partial charge in [0.05, 0.1) is 18.6 Å². The van der Waals surface area contributed by atoms with Crippen LogP contribution in [0, 0.1) is 0 Å². The highest BCUT2D eigenvalue weighted by atomic mass is 32.1. The van der Waals surface area contributed by atoms with E-state index in [0.29, 0.717) is 0 Å². The maximum Gasteiger partial charge on any atom is 0.162 e. The van der Waals surface area contributed by atoms with Crippen molar-refractivity contribution >= 4 is 11.3 Å². The molecule has 1 aliphatic heterocycles. The van der Waals surface area contributed by atoms with Crippen molar-refractivity contribution in [2.75, 3.05) is 39.3 Å². The summed E-state index contributed by atoms with van der Waals surface area (Å²) in [6.45, 7) is 6.15. The van der Waals surface area contributed by atoms with Gasteiger partial charge in [-0.1, -0.05) is 0 Å². The Morgan fingerprint density at radius 1 is 1.24 bits per heavy atom. The molecule has 5 nitrogen and oxygen atoms in total. The Morgan fingerprint density at radius 3 is 2.90 bits per heavy atom. The van der Waals surface area contributed by atoms with Crippen LogP contribution >= 0.6 is 11.3 Å². The number of aliphatic hydroxyl groups is 1. The number of hydrogen-bond donors (Lipinski definition) is 1. The van der Waals surface area contributed by atoms with Gasteiger partial charge in [-0.25, -0.2) is 4.98 Å². The third-order valence-corrected chi connectivity index (χ3v) is 4.67. The molecular weight excluding hydrogens is 286 g/mol. The second-order valence-corrected chi connectivity index (χ2v) is 6.17. The fourth-order valence-corrected chi connectivity index (χ4v) is 3.45. The second kappa shape index (κ2) is 7.17. The summed E-state index contributed by atoms with van der Waals surface area (Å²) in [5, 5.41) is 12.1. The van der Waals surface area contributed by atoms with E-state index in [2.05, 4.69) is 20.2 Å². The van der Waals surface area contributed by atoms with E-state index in [-0.39, 0.29) is 6.61 Å². The van der Waals surface area contributed by atoms with Crippen LogP contribution in [0.3, 0.4) is 0 Å². The summed E-state index contributed by atoms with van der Waals surface area (Å²) in [4.78, 5) is 9.43. The molecule has 0 amide bonds. The molecule has 1 aliphatic rings. The van der Waals surface area contributed by atoms with Crippen LogP contribution < -0.4 is 0 Å². The van der Waals surface area contributed by atoms with Crippen LogP contribution in [0.25, 0.3) is 10.8 Å². The molecule has 0 radical (unpaired) electrons. The Kier molecular flexibility index (Phi) is 5.03. The van der Waals surface area contributed by atoms with Crippen molar-refractivity contribution < 1.29 is 9.52 Å². The van der Waals surface area contributed by atoms with Gasteiger partial charge in [0.25, 0.3) is 0 Å². The van der Waals surface area contributed by atoms with Crippen molar-refractivity contribution in [1.29, 1.82) is 0 Å². The third kappa shape index (κ3) is 3.91. The van der Waals surface area contributed by atoms with Crippen molar-refractivity contribution in [3.8, 4) is 10.8 Å². The summed E-state index contributed by atoms with van der Waals surface area (Å²) in [7, 11) is 0. The second-order valence-electron chi connectivity index (χ2n) is 5.32. The number of thiazole rings is 1. The van der Waals surface area contributed by atoms with Crippen LogP contribution in [0.1, 0.15) is 12.1 Å². The van der Waals surface area contributed by atoms with E-state index in [0.717, 1.165) is 62.2 Å². The van der Waals surface area contributed by atoms with E-state index in [1.165, 1.54) is 0 Å². The van der Waals surface area contributed by atoms with E-state index >= 15 is 0 Å². The Hall–Kier alpha value is -1.21. The average Bonchev–Trinajstić information content (AvgIpc) is 3.10. The molecule has 1 saturated heterocycles. The fourth-order valence-electron chi connectivity index (χ4n) is 2.67. The molecule has 1 N–H and O–H groups in total. The molecule has 3 heterocycles. The largest absolute Gasteiger partial charge is 0.462 e.